The van der Waals surface area contributed by atoms with Gasteiger partial charge in [0.2, 0.25) is 0 Å². The maximum atomic E-state index is 12.2. The summed E-state index contributed by atoms with van der Waals surface area (Å²) in [6.07, 6.45) is 6.51. The van der Waals surface area contributed by atoms with E-state index >= 15 is 0 Å². The molecule has 0 fully saturated rings. The van der Waals surface area contributed by atoms with Gasteiger partial charge in [0.05, 0.1) is 0 Å². The fourth-order valence-corrected chi connectivity index (χ4v) is 3.21. The summed E-state index contributed by atoms with van der Waals surface area (Å²) in [6.45, 7) is 8.56. The smallest absolute Gasteiger partial charge is 0.174 e. The fraction of sp³-hybridized carbons (Fsp3) is 0.800. The van der Waals surface area contributed by atoms with Crippen molar-refractivity contribution < 1.29 is 9.59 Å². The van der Waals surface area contributed by atoms with Crippen molar-refractivity contribution in [1.82, 2.24) is 41.2 Å². The number of aryl methyl sites for hydroxylation is 2. The van der Waals surface area contributed by atoms with Crippen molar-refractivity contribution in [1.29, 1.82) is 0 Å². The average molecular weight is 419 g/mol. The number of tetrazole rings is 2. The number of hydrogen-bond donors (Lipinski definition) is 2. The predicted molar refractivity (Wildman–Crippen MR) is 110 cm³/mol. The average Bonchev–Trinajstić information content (AvgIpc) is 3.40. The Kier molecular flexibility index (Phi) is 8.73. The van der Waals surface area contributed by atoms with Crippen LogP contribution in [0, 0.1) is 10.8 Å². The van der Waals surface area contributed by atoms with Crippen molar-refractivity contribution in [3.8, 4) is 0 Å². The molecule has 0 amide bonds. The Labute approximate surface area is 177 Å². The van der Waals surface area contributed by atoms with E-state index in [2.05, 4.69) is 68.9 Å². The Morgan fingerprint density at radius 2 is 1.07 bits per heavy atom. The second kappa shape index (κ2) is 11.0. The van der Waals surface area contributed by atoms with Crippen molar-refractivity contribution in [2.75, 3.05) is 0 Å². The van der Waals surface area contributed by atoms with Gasteiger partial charge in [-0.25, -0.2) is 0 Å². The quantitative estimate of drug-likeness (QED) is 0.449. The van der Waals surface area contributed by atoms with Gasteiger partial charge in [0.15, 0.2) is 11.6 Å². The molecule has 0 spiro atoms. The van der Waals surface area contributed by atoms with Gasteiger partial charge in [0.1, 0.15) is 11.6 Å². The third-order valence-electron chi connectivity index (χ3n) is 5.67. The minimum absolute atomic E-state index is 0.0169. The maximum absolute atomic E-state index is 12.2. The lowest BCUT2D eigenvalue weighted by Gasteiger charge is -2.24. The molecule has 2 aromatic heterocycles. The molecule has 0 radical (unpaired) electrons. The van der Waals surface area contributed by atoms with Crippen molar-refractivity contribution in [3.63, 3.8) is 0 Å². The lowest BCUT2D eigenvalue weighted by Crippen LogP contribution is -2.17. The van der Waals surface area contributed by atoms with E-state index in [4.69, 9.17) is 0 Å². The van der Waals surface area contributed by atoms with Gasteiger partial charge in [0, 0.05) is 38.5 Å². The molecule has 10 heteroatoms. The molecular weight excluding hydrogens is 384 g/mol. The molecule has 2 heterocycles. The van der Waals surface area contributed by atoms with Gasteiger partial charge < -0.3 is 0 Å². The lowest BCUT2D eigenvalue weighted by atomic mass is 9.81. The highest BCUT2D eigenvalue weighted by molar-refractivity contribution is 5.85. The maximum Gasteiger partial charge on any atom is 0.174 e. The Balaban J connectivity index is 1.59. The van der Waals surface area contributed by atoms with E-state index in [1.165, 1.54) is 0 Å². The highest BCUT2D eigenvalue weighted by Gasteiger charge is 2.22. The molecule has 0 atom stereocenters. The number of aromatic nitrogens is 8. The minimum Gasteiger partial charge on any atom is -0.300 e. The molecule has 0 aliphatic carbocycles. The van der Waals surface area contributed by atoms with E-state index in [9.17, 15) is 9.59 Å². The van der Waals surface area contributed by atoms with Crippen LogP contribution in [-0.4, -0.2) is 52.8 Å². The van der Waals surface area contributed by atoms with Crippen LogP contribution in [0.1, 0.15) is 90.7 Å². The number of carbonyl (C=O) groups excluding carboxylic acids is 2. The molecule has 166 valence electrons. The van der Waals surface area contributed by atoms with Crippen LogP contribution in [0.2, 0.25) is 0 Å². The molecule has 2 aromatic rings. The number of nitrogens with zero attached hydrogens (tertiary/aromatic N) is 6. The first-order valence-corrected chi connectivity index (χ1v) is 10.6. The van der Waals surface area contributed by atoms with Gasteiger partial charge >= 0.3 is 0 Å². The van der Waals surface area contributed by atoms with E-state index in [1.54, 1.807) is 0 Å². The van der Waals surface area contributed by atoms with Gasteiger partial charge in [-0.15, -0.1) is 20.4 Å². The van der Waals surface area contributed by atoms with Gasteiger partial charge in [0.25, 0.3) is 0 Å². The number of carbonyl (C=O) groups is 2. The van der Waals surface area contributed by atoms with Crippen LogP contribution in [0.3, 0.4) is 0 Å². The monoisotopic (exact) mass is 418 g/mol. The fourth-order valence-electron chi connectivity index (χ4n) is 3.21. The summed E-state index contributed by atoms with van der Waals surface area (Å²) in [6, 6.07) is 0. The molecule has 0 aromatic carbocycles. The zero-order valence-corrected chi connectivity index (χ0v) is 18.6. The van der Waals surface area contributed by atoms with Crippen LogP contribution < -0.4 is 0 Å². The zero-order valence-electron chi connectivity index (χ0n) is 18.6. The molecule has 0 unspecified atom stereocenters. The normalized spacial score (nSPS) is 12.3. The van der Waals surface area contributed by atoms with E-state index in [0.29, 0.717) is 37.3 Å². The summed E-state index contributed by atoms with van der Waals surface area (Å²) in [5, 5.41) is 27.9. The summed E-state index contributed by atoms with van der Waals surface area (Å²) in [5.74, 6) is 1.71. The van der Waals surface area contributed by atoms with Crippen molar-refractivity contribution in [2.24, 2.45) is 10.8 Å². The highest BCUT2D eigenvalue weighted by atomic mass is 16.1. The minimum atomic E-state index is 0.0169. The van der Waals surface area contributed by atoms with E-state index < -0.39 is 0 Å². The molecule has 2 N–H and O–H groups in total. The Morgan fingerprint density at radius 3 is 1.40 bits per heavy atom. The largest absolute Gasteiger partial charge is 0.300 e. The van der Waals surface area contributed by atoms with Crippen LogP contribution in [0.25, 0.3) is 0 Å². The van der Waals surface area contributed by atoms with Gasteiger partial charge in [-0.05, 0) is 36.5 Å². The SMILES string of the molecule is CC(C)(CCC(=O)CCC(=O)CCC(C)(C)CCc1nn[nH]n1)CCc1nn[nH]n1. The predicted octanol–water partition coefficient (Wildman–Crippen LogP) is 2.81. The lowest BCUT2D eigenvalue weighted by molar-refractivity contribution is -0.124. The summed E-state index contributed by atoms with van der Waals surface area (Å²) >= 11 is 0. The summed E-state index contributed by atoms with van der Waals surface area (Å²) in [7, 11) is 0. The third kappa shape index (κ3) is 9.32. The number of hydrogen-bond acceptors (Lipinski definition) is 8. The van der Waals surface area contributed by atoms with E-state index in [-0.39, 0.29) is 22.4 Å². The number of Topliss-reactive ketones (excluding diaryl/α,β-unsaturated/α-hetero) is 2. The highest BCUT2D eigenvalue weighted by Crippen LogP contribution is 2.29. The first-order valence-electron chi connectivity index (χ1n) is 10.6. The Bertz CT molecular complexity index is 703. The second-order valence-corrected chi connectivity index (χ2v) is 9.56. The number of nitrogens with one attached hydrogen (secondary N) is 2. The second-order valence-electron chi connectivity index (χ2n) is 9.56. The molecule has 2 rings (SSSR count). The Hall–Kier alpha value is -2.52. The van der Waals surface area contributed by atoms with Crippen molar-refractivity contribution in [2.45, 2.75) is 91.9 Å². The number of ketones is 2. The van der Waals surface area contributed by atoms with Crippen LogP contribution in [0.15, 0.2) is 0 Å². The van der Waals surface area contributed by atoms with Crippen LogP contribution >= 0.6 is 0 Å². The molecular formula is C20H34N8O2. The molecule has 10 nitrogen and oxygen atoms in total. The molecule has 0 saturated heterocycles. The zero-order chi connectivity index (χ0) is 22.0. The third-order valence-corrected chi connectivity index (χ3v) is 5.67. The number of aromatic amines is 2. The molecule has 30 heavy (non-hydrogen) atoms. The van der Waals surface area contributed by atoms with Crippen molar-refractivity contribution >= 4 is 11.6 Å². The Morgan fingerprint density at radius 1 is 0.667 bits per heavy atom. The number of rotatable bonds is 15. The van der Waals surface area contributed by atoms with Crippen molar-refractivity contribution in [3.05, 3.63) is 11.6 Å². The standard InChI is InChI=1S/C20H34N8O2/c1-19(2,13-9-17-21-25-26-22-17)11-7-15(29)5-6-16(30)8-12-20(3,4)14-10-18-23-27-28-24-18/h5-14H2,1-4H3,(H,21,22,25,26)(H,23,24,27,28). The molecule has 0 bridgehead atoms. The first kappa shape index (κ1) is 23.8. The first-order chi connectivity index (χ1) is 14.2. The van der Waals surface area contributed by atoms with Gasteiger partial charge in [-0.2, -0.15) is 10.4 Å². The van der Waals surface area contributed by atoms with E-state index in [1.807, 2.05) is 0 Å². The van der Waals surface area contributed by atoms with Gasteiger partial charge in [-0.1, -0.05) is 38.1 Å². The molecule has 0 aliphatic rings. The molecule has 0 aliphatic heterocycles. The van der Waals surface area contributed by atoms with Crippen LogP contribution in [-0.2, 0) is 22.4 Å². The summed E-state index contributed by atoms with van der Waals surface area (Å²) in [4.78, 5) is 24.5. The van der Waals surface area contributed by atoms with Gasteiger partial charge in [-0.3, -0.25) is 9.59 Å². The molecule has 0 saturated carbocycles. The topological polar surface area (TPSA) is 143 Å². The summed E-state index contributed by atoms with van der Waals surface area (Å²) < 4.78 is 0. The van der Waals surface area contributed by atoms with Crippen LogP contribution in [0.5, 0.6) is 0 Å². The van der Waals surface area contributed by atoms with Crippen LogP contribution in [0.4, 0.5) is 0 Å². The number of H-pyrrole nitrogens is 2. The summed E-state index contributed by atoms with van der Waals surface area (Å²) in [5.41, 5.74) is 0.0338. The van der Waals surface area contributed by atoms with E-state index in [0.717, 1.165) is 38.5 Å².